The molecule has 0 radical (unpaired) electrons. The van der Waals surface area contributed by atoms with E-state index in [1.807, 2.05) is 0 Å². The normalized spacial score (nSPS) is 17.8. The highest BCUT2D eigenvalue weighted by molar-refractivity contribution is 6.53. The number of carbonyl (C=O) groups excluding carboxylic acids is 3. The number of alkyl halides is 2. The number of halogens is 6. The summed E-state index contributed by atoms with van der Waals surface area (Å²) in [5.74, 6) is -2.90. The van der Waals surface area contributed by atoms with Gasteiger partial charge < -0.3 is 5.32 Å². The van der Waals surface area contributed by atoms with Gasteiger partial charge >= 0.3 is 0 Å². The van der Waals surface area contributed by atoms with Gasteiger partial charge in [0.05, 0.1) is 10.9 Å². The zero-order valence-corrected chi connectivity index (χ0v) is 23.0. The molecule has 2 unspecified atom stereocenters. The number of Topliss-reactive ketones (excluding diaryl/α,β-unsaturated/α-hetero) is 2. The molecule has 3 aromatic rings. The van der Waals surface area contributed by atoms with Crippen molar-refractivity contribution in [3.8, 4) is 0 Å². The number of hydrogen-bond acceptors (Lipinski definition) is 3. The predicted octanol–water partition coefficient (Wildman–Crippen LogP) is 7.87. The summed E-state index contributed by atoms with van der Waals surface area (Å²) in [5, 5.41) is 3.65. The fourth-order valence-corrected chi connectivity index (χ4v) is 5.88. The SMILES string of the molecule is CC(=O)Cc1ccc(F)c(CC(=O)c2cc(NC(=O)C3C(c4cc(Cl)cc(Cl)c4)C3(Cl)Cl)ccc2Cl)c1. The summed E-state index contributed by atoms with van der Waals surface area (Å²) in [5.41, 5.74) is 1.78. The summed E-state index contributed by atoms with van der Waals surface area (Å²) in [6.07, 6.45) is -0.142. The first-order valence-electron chi connectivity index (χ1n) is 11.1. The summed E-state index contributed by atoms with van der Waals surface area (Å²) < 4.78 is 13.0. The van der Waals surface area contributed by atoms with E-state index in [1.165, 1.54) is 43.3 Å². The summed E-state index contributed by atoms with van der Waals surface area (Å²) in [6, 6.07) is 13.5. The Morgan fingerprint density at radius 3 is 2.24 bits per heavy atom. The summed E-state index contributed by atoms with van der Waals surface area (Å²) in [7, 11) is 0. The van der Waals surface area contributed by atoms with Gasteiger partial charge in [-0.1, -0.05) is 46.9 Å². The number of benzene rings is 3. The van der Waals surface area contributed by atoms with Crippen LogP contribution in [0, 0.1) is 11.7 Å². The second-order valence-electron chi connectivity index (χ2n) is 8.92. The van der Waals surface area contributed by atoms with Crippen LogP contribution in [0.1, 0.15) is 39.9 Å². The molecule has 1 amide bonds. The van der Waals surface area contributed by atoms with Crippen LogP contribution in [0.3, 0.4) is 0 Å². The highest BCUT2D eigenvalue weighted by Crippen LogP contribution is 2.65. The van der Waals surface area contributed by atoms with Crippen LogP contribution in [-0.2, 0) is 22.4 Å². The highest BCUT2D eigenvalue weighted by Gasteiger charge is 2.67. The lowest BCUT2D eigenvalue weighted by molar-refractivity contribution is -0.117. The van der Waals surface area contributed by atoms with Gasteiger partial charge in [0.15, 0.2) is 5.78 Å². The van der Waals surface area contributed by atoms with E-state index in [2.05, 4.69) is 5.32 Å². The zero-order chi connectivity index (χ0) is 27.1. The van der Waals surface area contributed by atoms with Gasteiger partial charge in [-0.25, -0.2) is 4.39 Å². The largest absolute Gasteiger partial charge is 0.326 e. The molecule has 0 aromatic heterocycles. The number of anilines is 1. The molecule has 3 aromatic carbocycles. The monoisotopic (exact) mass is 599 g/mol. The second kappa shape index (κ2) is 10.9. The summed E-state index contributed by atoms with van der Waals surface area (Å²) >= 11 is 31.2. The first kappa shape index (κ1) is 27.9. The Morgan fingerprint density at radius 1 is 0.919 bits per heavy atom. The maximum atomic E-state index is 14.4. The zero-order valence-electron chi connectivity index (χ0n) is 19.3. The molecule has 1 aliphatic rings. The molecular formula is C27H19Cl5FNO3. The Morgan fingerprint density at radius 2 is 1.59 bits per heavy atom. The maximum absolute atomic E-state index is 14.4. The fraction of sp³-hybridized carbons (Fsp3) is 0.222. The molecule has 1 aliphatic carbocycles. The standard InChI is InChI=1S/C27H19Cl5FNO3/c1-13(35)6-14-2-5-22(33)15(7-14)10-23(36)20-12-19(3-4-21(20)30)34-26(37)25-24(27(25,31)32)16-8-17(28)11-18(29)9-16/h2-5,7-9,11-12,24-25H,6,10H2,1H3,(H,34,37). The van der Waals surface area contributed by atoms with Gasteiger partial charge in [0.2, 0.25) is 5.91 Å². The molecular weight excluding hydrogens is 583 g/mol. The van der Waals surface area contributed by atoms with E-state index in [9.17, 15) is 18.8 Å². The van der Waals surface area contributed by atoms with Crippen LogP contribution in [-0.4, -0.2) is 21.8 Å². The van der Waals surface area contributed by atoms with Gasteiger partial charge in [0.25, 0.3) is 0 Å². The van der Waals surface area contributed by atoms with Crippen molar-refractivity contribution in [1.82, 2.24) is 0 Å². The quantitative estimate of drug-likeness (QED) is 0.211. The van der Waals surface area contributed by atoms with Gasteiger partial charge in [-0.05, 0) is 66.1 Å². The molecule has 0 spiro atoms. The second-order valence-corrected chi connectivity index (χ2v) is 11.6. The van der Waals surface area contributed by atoms with Crippen molar-refractivity contribution in [2.75, 3.05) is 5.32 Å². The van der Waals surface area contributed by atoms with Gasteiger partial charge in [-0.3, -0.25) is 14.4 Å². The predicted molar refractivity (Wildman–Crippen MR) is 146 cm³/mol. The van der Waals surface area contributed by atoms with Crippen LogP contribution in [0.25, 0.3) is 0 Å². The third kappa shape index (κ3) is 6.30. The number of rotatable bonds is 8. The molecule has 2 atom stereocenters. The van der Waals surface area contributed by atoms with Crippen molar-refractivity contribution in [1.29, 1.82) is 0 Å². The van der Waals surface area contributed by atoms with E-state index in [0.717, 1.165) is 0 Å². The minimum atomic E-state index is -1.37. The third-order valence-corrected chi connectivity index (χ3v) is 7.73. The van der Waals surface area contributed by atoms with E-state index in [4.69, 9.17) is 58.0 Å². The molecule has 10 heteroatoms. The molecule has 0 saturated heterocycles. The molecule has 37 heavy (non-hydrogen) atoms. The van der Waals surface area contributed by atoms with Gasteiger partial charge in [-0.2, -0.15) is 0 Å². The Bertz CT molecular complexity index is 1400. The minimum absolute atomic E-state index is 0.0790. The molecule has 0 heterocycles. The number of ketones is 2. The average molecular weight is 602 g/mol. The molecule has 0 aliphatic heterocycles. The number of nitrogens with one attached hydrogen (secondary N) is 1. The van der Waals surface area contributed by atoms with E-state index in [-0.39, 0.29) is 34.8 Å². The van der Waals surface area contributed by atoms with Crippen LogP contribution in [0.15, 0.2) is 54.6 Å². The average Bonchev–Trinajstić information content (AvgIpc) is 3.38. The van der Waals surface area contributed by atoms with Crippen LogP contribution in [0.4, 0.5) is 10.1 Å². The van der Waals surface area contributed by atoms with Crippen molar-refractivity contribution in [2.24, 2.45) is 5.92 Å². The Kier molecular flexibility index (Phi) is 8.22. The molecule has 0 bridgehead atoms. The lowest BCUT2D eigenvalue weighted by Crippen LogP contribution is -2.17. The van der Waals surface area contributed by atoms with E-state index >= 15 is 0 Å². The van der Waals surface area contributed by atoms with Crippen molar-refractivity contribution >= 4 is 81.2 Å². The fourth-order valence-electron chi connectivity index (χ4n) is 4.29. The van der Waals surface area contributed by atoms with Gasteiger partial charge in [0, 0.05) is 40.1 Å². The molecule has 4 nitrogen and oxygen atoms in total. The van der Waals surface area contributed by atoms with Crippen molar-refractivity contribution in [2.45, 2.75) is 30.0 Å². The Hall–Kier alpha value is -2.15. The number of carbonyl (C=O) groups is 3. The summed E-state index contributed by atoms with van der Waals surface area (Å²) in [6.45, 7) is 1.43. The Labute approximate surface area is 238 Å². The number of hydrogen-bond donors (Lipinski definition) is 1. The van der Waals surface area contributed by atoms with Crippen LogP contribution in [0.2, 0.25) is 15.1 Å². The molecule has 1 N–H and O–H groups in total. The molecule has 1 saturated carbocycles. The lowest BCUT2D eigenvalue weighted by atomic mass is 9.99. The van der Waals surface area contributed by atoms with E-state index in [1.54, 1.807) is 18.2 Å². The van der Waals surface area contributed by atoms with Gasteiger partial charge in [0.1, 0.15) is 15.9 Å². The van der Waals surface area contributed by atoms with Gasteiger partial charge in [-0.15, -0.1) is 23.2 Å². The molecule has 192 valence electrons. The first-order valence-corrected chi connectivity index (χ1v) is 13.0. The van der Waals surface area contributed by atoms with Crippen molar-refractivity contribution < 1.29 is 18.8 Å². The smallest absolute Gasteiger partial charge is 0.231 e. The van der Waals surface area contributed by atoms with Crippen LogP contribution >= 0.6 is 58.0 Å². The van der Waals surface area contributed by atoms with E-state index in [0.29, 0.717) is 26.9 Å². The first-order chi connectivity index (χ1) is 17.4. The molecule has 4 rings (SSSR count). The Balaban J connectivity index is 1.51. The van der Waals surface area contributed by atoms with Crippen molar-refractivity contribution in [3.05, 3.63) is 97.7 Å². The van der Waals surface area contributed by atoms with Crippen LogP contribution < -0.4 is 5.32 Å². The highest BCUT2D eigenvalue weighted by atomic mass is 35.5. The minimum Gasteiger partial charge on any atom is -0.326 e. The summed E-state index contributed by atoms with van der Waals surface area (Å²) in [4.78, 5) is 37.4. The maximum Gasteiger partial charge on any atom is 0.231 e. The van der Waals surface area contributed by atoms with Crippen molar-refractivity contribution in [3.63, 3.8) is 0 Å². The third-order valence-electron chi connectivity index (χ3n) is 6.03. The topological polar surface area (TPSA) is 63.2 Å². The molecule has 1 fully saturated rings. The lowest BCUT2D eigenvalue weighted by Gasteiger charge is -2.10. The number of amides is 1. The van der Waals surface area contributed by atoms with Crippen LogP contribution in [0.5, 0.6) is 0 Å². The van der Waals surface area contributed by atoms with E-state index < -0.39 is 33.7 Å².